The number of ether oxygens (including phenoxy) is 1. The van der Waals surface area contributed by atoms with Gasteiger partial charge in [-0.25, -0.2) is 9.97 Å². The Labute approximate surface area is 183 Å². The van der Waals surface area contributed by atoms with Crippen LogP contribution in [0.2, 0.25) is 0 Å². The molecule has 0 spiro atoms. The molecule has 166 valence electrons. The number of Topliss-reactive ketones (excluding diaryl/α,β-unsaturated/α-hetero) is 1. The fourth-order valence-corrected chi connectivity index (χ4v) is 3.52. The van der Waals surface area contributed by atoms with Gasteiger partial charge in [0, 0.05) is 63.5 Å². The Morgan fingerprint density at radius 1 is 1.03 bits per heavy atom. The van der Waals surface area contributed by atoms with E-state index < -0.39 is 0 Å². The first-order chi connectivity index (χ1) is 15.2. The third-order valence-electron chi connectivity index (χ3n) is 5.25. The van der Waals surface area contributed by atoms with Gasteiger partial charge in [-0.15, -0.1) is 0 Å². The van der Waals surface area contributed by atoms with Crippen LogP contribution < -0.4 is 15.0 Å². The zero-order valence-electron chi connectivity index (χ0n) is 18.1. The van der Waals surface area contributed by atoms with Crippen molar-refractivity contribution in [3.05, 3.63) is 48.3 Å². The number of aromatic nitrogens is 2. The molecule has 1 saturated heterocycles. The van der Waals surface area contributed by atoms with Crippen LogP contribution in [0.5, 0.6) is 5.75 Å². The number of hydrogen-bond acceptors (Lipinski definition) is 7. The molecule has 1 aromatic carbocycles. The van der Waals surface area contributed by atoms with E-state index in [4.69, 9.17) is 4.74 Å². The summed E-state index contributed by atoms with van der Waals surface area (Å²) in [5, 5.41) is 2.92. The summed E-state index contributed by atoms with van der Waals surface area (Å²) in [6, 6.07) is 8.88. The Kier molecular flexibility index (Phi) is 8.78. The highest BCUT2D eigenvalue weighted by Gasteiger charge is 2.18. The Bertz CT molecular complexity index is 821. The fraction of sp³-hybridized carbons (Fsp3) is 0.478. The van der Waals surface area contributed by atoms with Crippen LogP contribution in [0.15, 0.2) is 42.7 Å². The highest BCUT2D eigenvalue weighted by molar-refractivity contribution is 5.98. The predicted molar refractivity (Wildman–Crippen MR) is 119 cm³/mol. The third kappa shape index (κ3) is 7.32. The van der Waals surface area contributed by atoms with Crippen molar-refractivity contribution in [2.45, 2.75) is 26.2 Å². The Morgan fingerprint density at radius 3 is 2.42 bits per heavy atom. The summed E-state index contributed by atoms with van der Waals surface area (Å²) in [6.07, 6.45) is 4.84. The zero-order valence-corrected chi connectivity index (χ0v) is 18.1. The van der Waals surface area contributed by atoms with Gasteiger partial charge in [0.2, 0.25) is 11.9 Å². The van der Waals surface area contributed by atoms with Gasteiger partial charge in [0.25, 0.3) is 0 Å². The molecule has 0 radical (unpaired) electrons. The first-order valence-electron chi connectivity index (χ1n) is 10.9. The van der Waals surface area contributed by atoms with Crippen molar-refractivity contribution in [3.63, 3.8) is 0 Å². The van der Waals surface area contributed by atoms with E-state index in [1.54, 1.807) is 36.7 Å². The fourth-order valence-electron chi connectivity index (χ4n) is 3.52. The van der Waals surface area contributed by atoms with Crippen molar-refractivity contribution in [1.29, 1.82) is 0 Å². The van der Waals surface area contributed by atoms with Gasteiger partial charge in [-0.1, -0.05) is 0 Å². The molecule has 0 atom stereocenters. The summed E-state index contributed by atoms with van der Waals surface area (Å²) in [5.41, 5.74) is 0.608. The van der Waals surface area contributed by atoms with Crippen molar-refractivity contribution in [3.8, 4) is 5.75 Å². The van der Waals surface area contributed by atoms with E-state index in [0.717, 1.165) is 50.8 Å². The molecule has 0 aliphatic carbocycles. The van der Waals surface area contributed by atoms with Crippen molar-refractivity contribution < 1.29 is 14.3 Å². The lowest BCUT2D eigenvalue weighted by Crippen LogP contribution is -2.47. The molecule has 3 rings (SSSR count). The second-order valence-electron chi connectivity index (χ2n) is 7.46. The number of anilines is 1. The van der Waals surface area contributed by atoms with Gasteiger partial charge in [0.15, 0.2) is 5.78 Å². The number of nitrogens with zero attached hydrogens (tertiary/aromatic N) is 4. The van der Waals surface area contributed by atoms with E-state index in [0.29, 0.717) is 18.7 Å². The molecular formula is C23H31N5O3. The molecule has 31 heavy (non-hydrogen) atoms. The minimum absolute atomic E-state index is 0.0292. The van der Waals surface area contributed by atoms with Gasteiger partial charge in [-0.3, -0.25) is 14.5 Å². The molecule has 0 bridgehead atoms. The van der Waals surface area contributed by atoms with Crippen LogP contribution in [0.4, 0.5) is 5.95 Å². The summed E-state index contributed by atoms with van der Waals surface area (Å²) >= 11 is 0. The van der Waals surface area contributed by atoms with Gasteiger partial charge in [0.1, 0.15) is 5.75 Å². The number of carbonyl (C=O) groups excluding carboxylic acids is 2. The number of piperazine rings is 1. The molecular weight excluding hydrogens is 394 g/mol. The average Bonchev–Trinajstić information content (AvgIpc) is 2.82. The van der Waals surface area contributed by atoms with E-state index in [2.05, 4.69) is 25.1 Å². The second kappa shape index (κ2) is 12.0. The summed E-state index contributed by atoms with van der Waals surface area (Å²) in [6.45, 7) is 7.80. The topological polar surface area (TPSA) is 87.7 Å². The lowest BCUT2D eigenvalue weighted by Gasteiger charge is -2.34. The van der Waals surface area contributed by atoms with Crippen molar-refractivity contribution in [2.75, 3.05) is 50.8 Å². The number of nitrogens with one attached hydrogen (secondary N) is 1. The molecule has 2 heterocycles. The predicted octanol–water partition coefficient (Wildman–Crippen LogP) is 2.17. The van der Waals surface area contributed by atoms with E-state index in [9.17, 15) is 9.59 Å². The van der Waals surface area contributed by atoms with Crippen LogP contribution >= 0.6 is 0 Å². The number of carbonyl (C=O) groups is 2. The zero-order chi connectivity index (χ0) is 21.9. The monoisotopic (exact) mass is 425 g/mol. The lowest BCUT2D eigenvalue weighted by atomic mass is 10.1. The molecule has 0 unspecified atom stereocenters. The van der Waals surface area contributed by atoms with E-state index in [1.165, 1.54) is 0 Å². The lowest BCUT2D eigenvalue weighted by molar-refractivity contribution is -0.121. The third-order valence-corrected chi connectivity index (χ3v) is 5.25. The maximum atomic E-state index is 12.2. The number of ketones is 1. The van der Waals surface area contributed by atoms with Crippen LogP contribution in [0, 0.1) is 0 Å². The van der Waals surface area contributed by atoms with E-state index >= 15 is 0 Å². The summed E-state index contributed by atoms with van der Waals surface area (Å²) in [5.74, 6) is 1.42. The van der Waals surface area contributed by atoms with Crippen molar-refractivity contribution in [2.24, 2.45) is 0 Å². The summed E-state index contributed by atoms with van der Waals surface area (Å²) in [7, 11) is 0. The van der Waals surface area contributed by atoms with Gasteiger partial charge >= 0.3 is 0 Å². The summed E-state index contributed by atoms with van der Waals surface area (Å²) in [4.78, 5) is 37.5. The van der Waals surface area contributed by atoms with Crippen LogP contribution in [0.25, 0.3) is 0 Å². The summed E-state index contributed by atoms with van der Waals surface area (Å²) < 4.78 is 5.38. The molecule has 1 aliphatic rings. The molecule has 1 amide bonds. The number of rotatable bonds is 11. The molecule has 8 nitrogen and oxygen atoms in total. The van der Waals surface area contributed by atoms with E-state index in [1.807, 2.05) is 13.0 Å². The van der Waals surface area contributed by atoms with Gasteiger partial charge in [0.05, 0.1) is 6.61 Å². The molecule has 0 saturated carbocycles. The standard InChI is InChI=1S/C23H31N5O3/c1-2-31-20-7-5-19(6-8-20)21(29)9-10-22(30)24-13-4-14-27-15-17-28(18-16-27)23-25-11-3-12-26-23/h3,5-8,11-12H,2,4,9-10,13-18H2,1H3,(H,24,30). The molecule has 1 fully saturated rings. The normalized spacial score (nSPS) is 14.3. The van der Waals surface area contributed by atoms with E-state index in [-0.39, 0.29) is 24.5 Å². The van der Waals surface area contributed by atoms with Gasteiger partial charge < -0.3 is 15.0 Å². The largest absolute Gasteiger partial charge is 0.494 e. The first kappa shape index (κ1) is 22.7. The molecule has 2 aromatic rings. The Balaban J connectivity index is 1.26. The smallest absolute Gasteiger partial charge is 0.225 e. The minimum Gasteiger partial charge on any atom is -0.494 e. The van der Waals surface area contributed by atoms with Crippen molar-refractivity contribution in [1.82, 2.24) is 20.2 Å². The molecule has 8 heteroatoms. The second-order valence-corrected chi connectivity index (χ2v) is 7.46. The Morgan fingerprint density at radius 2 is 1.74 bits per heavy atom. The molecule has 1 aliphatic heterocycles. The number of amides is 1. The van der Waals surface area contributed by atoms with Crippen LogP contribution in [-0.4, -0.2) is 72.4 Å². The number of hydrogen-bond donors (Lipinski definition) is 1. The highest BCUT2D eigenvalue weighted by atomic mass is 16.5. The minimum atomic E-state index is -0.0784. The van der Waals surface area contributed by atoms with Crippen LogP contribution in [0.1, 0.15) is 36.5 Å². The van der Waals surface area contributed by atoms with Gasteiger partial charge in [-0.05, 0) is 50.2 Å². The van der Waals surface area contributed by atoms with Gasteiger partial charge in [-0.2, -0.15) is 0 Å². The number of benzene rings is 1. The first-order valence-corrected chi connectivity index (χ1v) is 10.9. The van der Waals surface area contributed by atoms with Crippen LogP contribution in [-0.2, 0) is 4.79 Å². The molecule has 1 N–H and O–H groups in total. The molecule has 1 aromatic heterocycles. The van der Waals surface area contributed by atoms with Crippen LogP contribution in [0.3, 0.4) is 0 Å². The maximum absolute atomic E-state index is 12.2. The average molecular weight is 426 g/mol. The quantitative estimate of drug-likeness (QED) is 0.436. The highest BCUT2D eigenvalue weighted by Crippen LogP contribution is 2.14. The van der Waals surface area contributed by atoms with Crippen molar-refractivity contribution >= 4 is 17.6 Å². The Hall–Kier alpha value is -3.00. The SMILES string of the molecule is CCOc1ccc(C(=O)CCC(=O)NCCCN2CCN(c3ncccn3)CC2)cc1. The maximum Gasteiger partial charge on any atom is 0.225 e.